The van der Waals surface area contributed by atoms with Gasteiger partial charge in [-0.1, -0.05) is 36.4 Å². The number of para-hydroxylation sites is 2. The van der Waals surface area contributed by atoms with Crippen molar-refractivity contribution in [3.8, 4) is 34.8 Å². The first-order valence-electron chi connectivity index (χ1n) is 12.1. The number of pyridine rings is 2. The molecule has 164 valence electrons. The molecule has 7 heterocycles. The van der Waals surface area contributed by atoms with E-state index in [1.165, 1.54) is 0 Å². The van der Waals surface area contributed by atoms with Gasteiger partial charge in [0.1, 0.15) is 34.4 Å². The van der Waals surface area contributed by atoms with E-state index in [9.17, 15) is 0 Å². The highest BCUT2D eigenvalue weighted by Gasteiger charge is 2.53. The van der Waals surface area contributed by atoms with Gasteiger partial charge in [0, 0.05) is 24.1 Å². The second-order valence-electron chi connectivity index (χ2n) is 9.74. The van der Waals surface area contributed by atoms with Gasteiger partial charge >= 0.3 is 0 Å². The molecule has 0 fully saturated rings. The Labute approximate surface area is 206 Å². The minimum Gasteiger partial charge on any atom is -0.458 e. The fourth-order valence-corrected chi connectivity index (χ4v) is 6.83. The number of anilines is 3. The topological polar surface area (TPSA) is 56.7 Å². The maximum absolute atomic E-state index is 6.56. The summed E-state index contributed by atoms with van der Waals surface area (Å²) in [6, 6.07) is 22.9. The largest absolute Gasteiger partial charge is 0.458 e. The van der Waals surface area contributed by atoms with Crippen LogP contribution in [-0.4, -0.2) is 23.4 Å². The predicted molar refractivity (Wildman–Crippen MR) is 139 cm³/mol. The zero-order chi connectivity index (χ0) is 23.1. The zero-order valence-corrected chi connectivity index (χ0v) is 18.7. The van der Waals surface area contributed by atoms with E-state index in [1.54, 1.807) is 0 Å². The molecule has 0 bridgehead atoms. The van der Waals surface area contributed by atoms with Crippen molar-refractivity contribution >= 4 is 63.3 Å². The molecule has 0 radical (unpaired) electrons. The Hall–Kier alpha value is -4.71. The van der Waals surface area contributed by atoms with Gasteiger partial charge in [0.25, 0.3) is 13.4 Å². The van der Waals surface area contributed by atoms with Crippen molar-refractivity contribution in [3.63, 3.8) is 0 Å². The van der Waals surface area contributed by atoms with Gasteiger partial charge in [-0.05, 0) is 57.0 Å². The summed E-state index contributed by atoms with van der Waals surface area (Å²) in [6.07, 6.45) is 3.66. The normalized spacial score (nSPS) is 15.2. The summed E-state index contributed by atoms with van der Waals surface area (Å²) in [5, 5.41) is 0. The molecule has 0 amide bonds. The molecule has 0 saturated heterocycles. The number of hydrogen-bond acceptors (Lipinski definition) is 6. The standard InChI is InChI=1S/C28H13B2N3O3/c1-3-7-18-14(5-1)29-16-9-11-31-27-24(16)33-25-17(10-12-32-28(25)36-27)30-15-6-2-4-8-19(15)35-21-13-20(34-18)22(29)26(33)23(21)30/h1-13H. The molecule has 0 aliphatic carbocycles. The van der Waals surface area contributed by atoms with Crippen LogP contribution in [0, 0.1) is 0 Å². The van der Waals surface area contributed by atoms with Crippen molar-refractivity contribution in [1.82, 2.24) is 9.97 Å². The number of aromatic nitrogens is 2. The molecule has 3 aromatic carbocycles. The predicted octanol–water partition coefficient (Wildman–Crippen LogP) is 1.92. The van der Waals surface area contributed by atoms with E-state index >= 15 is 0 Å². The highest BCUT2D eigenvalue weighted by atomic mass is 16.5. The molecule has 0 saturated carbocycles. The van der Waals surface area contributed by atoms with Crippen molar-refractivity contribution in [2.24, 2.45) is 0 Å². The van der Waals surface area contributed by atoms with Crippen LogP contribution in [0.3, 0.4) is 0 Å². The number of ether oxygens (including phenoxy) is 3. The van der Waals surface area contributed by atoms with Crippen LogP contribution in [0.25, 0.3) is 0 Å². The Kier molecular flexibility index (Phi) is 2.82. The molecular weight excluding hydrogens is 448 g/mol. The van der Waals surface area contributed by atoms with Crippen molar-refractivity contribution in [3.05, 3.63) is 79.1 Å². The number of fused-ring (bicyclic) bond motifs is 6. The maximum Gasteiger partial charge on any atom is 0.256 e. The van der Waals surface area contributed by atoms with Gasteiger partial charge in [0.15, 0.2) is 0 Å². The van der Waals surface area contributed by atoms with Gasteiger partial charge in [0.05, 0.1) is 0 Å². The molecule has 8 heteroatoms. The van der Waals surface area contributed by atoms with Crippen molar-refractivity contribution in [1.29, 1.82) is 0 Å². The maximum atomic E-state index is 6.56. The van der Waals surface area contributed by atoms with Gasteiger partial charge in [-0.2, -0.15) is 0 Å². The summed E-state index contributed by atoms with van der Waals surface area (Å²) in [7, 11) is 0. The van der Waals surface area contributed by atoms with Gasteiger partial charge < -0.3 is 19.1 Å². The number of hydrogen-bond donors (Lipinski definition) is 0. The van der Waals surface area contributed by atoms with Crippen LogP contribution in [0.4, 0.5) is 17.1 Å². The molecule has 36 heavy (non-hydrogen) atoms. The highest BCUT2D eigenvalue weighted by Crippen LogP contribution is 2.52. The van der Waals surface area contributed by atoms with E-state index in [0.717, 1.165) is 72.8 Å². The number of rotatable bonds is 0. The molecule has 0 unspecified atom stereocenters. The SMILES string of the molecule is c1ccc2c(c1)Oc1cc3c4c5c1B2c1ccnc2c1N5c1c(ccnc1O2)B4c1ccccc1O3. The van der Waals surface area contributed by atoms with Crippen LogP contribution in [0.1, 0.15) is 0 Å². The third-order valence-electron chi connectivity index (χ3n) is 8.11. The van der Waals surface area contributed by atoms with E-state index in [0.29, 0.717) is 11.8 Å². The molecule has 2 aromatic heterocycles. The summed E-state index contributed by atoms with van der Waals surface area (Å²) >= 11 is 0. The third-order valence-corrected chi connectivity index (χ3v) is 8.11. The van der Waals surface area contributed by atoms with E-state index < -0.39 is 0 Å². The third kappa shape index (κ3) is 1.83. The van der Waals surface area contributed by atoms with Crippen LogP contribution in [0.15, 0.2) is 79.1 Å². The Morgan fingerprint density at radius 2 is 1.06 bits per heavy atom. The van der Waals surface area contributed by atoms with Gasteiger partial charge in [0.2, 0.25) is 11.8 Å². The summed E-state index contributed by atoms with van der Waals surface area (Å²) in [4.78, 5) is 11.6. The van der Waals surface area contributed by atoms with Crippen LogP contribution in [0.2, 0.25) is 0 Å². The summed E-state index contributed by atoms with van der Waals surface area (Å²) in [5.41, 5.74) is 9.97. The second kappa shape index (κ2) is 5.74. The lowest BCUT2D eigenvalue weighted by Crippen LogP contribution is -2.67. The molecule has 0 atom stereocenters. The lowest BCUT2D eigenvalue weighted by molar-refractivity contribution is 0.439. The Bertz CT molecular complexity index is 1740. The van der Waals surface area contributed by atoms with Crippen LogP contribution in [0.5, 0.6) is 34.8 Å². The Balaban J connectivity index is 1.42. The first-order valence-corrected chi connectivity index (χ1v) is 12.1. The van der Waals surface area contributed by atoms with Gasteiger partial charge in [-0.3, -0.25) is 0 Å². The zero-order valence-electron chi connectivity index (χ0n) is 18.7. The molecular formula is C28H13B2N3O3. The second-order valence-corrected chi connectivity index (χ2v) is 9.74. The molecule has 0 N–H and O–H groups in total. The fraction of sp³-hybridized carbons (Fsp3) is 0. The smallest absolute Gasteiger partial charge is 0.256 e. The fourth-order valence-electron chi connectivity index (χ4n) is 6.83. The minimum atomic E-state index is -0.000517. The van der Waals surface area contributed by atoms with Crippen molar-refractivity contribution in [2.45, 2.75) is 0 Å². The summed E-state index contributed by atoms with van der Waals surface area (Å²) in [6.45, 7) is -0.00103. The first kappa shape index (κ1) is 17.7. The Morgan fingerprint density at radius 1 is 0.528 bits per heavy atom. The quantitative estimate of drug-likeness (QED) is 0.322. The van der Waals surface area contributed by atoms with Crippen molar-refractivity contribution < 1.29 is 14.2 Å². The average Bonchev–Trinajstić information content (AvgIpc) is 2.92. The van der Waals surface area contributed by atoms with E-state index in [1.807, 2.05) is 36.7 Å². The lowest BCUT2D eigenvalue weighted by Gasteiger charge is -2.48. The first-order chi connectivity index (χ1) is 17.9. The average molecular weight is 461 g/mol. The van der Waals surface area contributed by atoms with Crippen LogP contribution < -0.4 is 51.9 Å². The summed E-state index contributed by atoms with van der Waals surface area (Å²) in [5.74, 6) is 4.54. The number of nitrogens with zero attached hydrogens (tertiary/aromatic N) is 3. The minimum absolute atomic E-state index is 0.000517. The number of benzene rings is 3. The van der Waals surface area contributed by atoms with Crippen LogP contribution in [-0.2, 0) is 0 Å². The van der Waals surface area contributed by atoms with E-state index in [2.05, 4.69) is 57.3 Å². The lowest BCUT2D eigenvalue weighted by atomic mass is 9.29. The van der Waals surface area contributed by atoms with E-state index in [4.69, 9.17) is 14.2 Å². The molecule has 5 aliphatic rings. The monoisotopic (exact) mass is 461 g/mol. The molecule has 5 aliphatic heterocycles. The summed E-state index contributed by atoms with van der Waals surface area (Å²) < 4.78 is 19.5. The Morgan fingerprint density at radius 3 is 1.61 bits per heavy atom. The van der Waals surface area contributed by atoms with Gasteiger partial charge in [-0.15, -0.1) is 0 Å². The van der Waals surface area contributed by atoms with Crippen LogP contribution >= 0.6 is 0 Å². The highest BCUT2D eigenvalue weighted by molar-refractivity contribution is 7.03. The van der Waals surface area contributed by atoms with E-state index in [-0.39, 0.29) is 13.4 Å². The molecule has 5 aromatic rings. The van der Waals surface area contributed by atoms with Crippen molar-refractivity contribution in [2.75, 3.05) is 4.90 Å². The molecule has 6 nitrogen and oxygen atoms in total. The molecule has 10 rings (SSSR count). The molecule has 0 spiro atoms. The van der Waals surface area contributed by atoms with Gasteiger partial charge in [-0.25, -0.2) is 9.97 Å².